The van der Waals surface area contributed by atoms with Crippen molar-refractivity contribution in [1.82, 2.24) is 9.47 Å². The second-order valence-corrected chi connectivity index (χ2v) is 6.21. The first-order valence-corrected chi connectivity index (χ1v) is 8.44. The molecule has 0 spiro atoms. The van der Waals surface area contributed by atoms with Gasteiger partial charge in [0.05, 0.1) is 19.3 Å². The van der Waals surface area contributed by atoms with E-state index >= 15 is 0 Å². The Hall–Kier alpha value is -2.73. The number of ether oxygens (including phenoxy) is 1. The molecule has 2 heterocycles. The number of fused-ring (bicyclic) bond motifs is 1. The Morgan fingerprint density at radius 3 is 2.44 bits per heavy atom. The molecule has 25 heavy (non-hydrogen) atoms. The van der Waals surface area contributed by atoms with Crippen LogP contribution in [0.3, 0.4) is 0 Å². The number of benzene rings is 2. The van der Waals surface area contributed by atoms with Crippen LogP contribution in [-0.2, 0) is 6.67 Å². The molecule has 3 aromatic rings. The minimum absolute atomic E-state index is 0.293. The molecule has 0 aliphatic carbocycles. The lowest BCUT2D eigenvalue weighted by atomic mass is 10.2. The summed E-state index contributed by atoms with van der Waals surface area (Å²) in [7, 11) is 1.68. The number of oxazole rings is 1. The molecule has 6 heteroatoms. The first-order chi connectivity index (χ1) is 12.2. The third-order valence-corrected chi connectivity index (χ3v) is 4.72. The molecule has 1 aliphatic heterocycles. The van der Waals surface area contributed by atoms with Gasteiger partial charge < -0.3 is 14.1 Å². The minimum atomic E-state index is -0.293. The van der Waals surface area contributed by atoms with Crippen LogP contribution in [0.5, 0.6) is 5.75 Å². The maximum atomic E-state index is 12.1. The predicted octanol–water partition coefficient (Wildman–Crippen LogP) is 2.38. The van der Waals surface area contributed by atoms with Gasteiger partial charge in [-0.2, -0.15) is 0 Å². The quantitative estimate of drug-likeness (QED) is 0.730. The van der Waals surface area contributed by atoms with Gasteiger partial charge in [-0.25, -0.2) is 4.79 Å². The van der Waals surface area contributed by atoms with E-state index in [2.05, 4.69) is 21.9 Å². The zero-order valence-corrected chi connectivity index (χ0v) is 14.2. The van der Waals surface area contributed by atoms with E-state index in [1.54, 1.807) is 11.7 Å². The van der Waals surface area contributed by atoms with Crippen molar-refractivity contribution < 1.29 is 9.15 Å². The van der Waals surface area contributed by atoms with E-state index < -0.39 is 0 Å². The number of para-hydroxylation sites is 2. The van der Waals surface area contributed by atoms with Gasteiger partial charge in [-0.05, 0) is 36.4 Å². The smallest absolute Gasteiger partial charge is 0.421 e. The highest BCUT2D eigenvalue weighted by Crippen LogP contribution is 2.21. The molecule has 0 atom stereocenters. The van der Waals surface area contributed by atoms with Crippen LogP contribution in [0.4, 0.5) is 5.69 Å². The number of anilines is 1. The topological polar surface area (TPSA) is 50.9 Å². The molecule has 0 bridgehead atoms. The molecule has 1 saturated heterocycles. The molecular formula is C19H21N3O3. The molecule has 6 nitrogen and oxygen atoms in total. The van der Waals surface area contributed by atoms with Gasteiger partial charge in [0.15, 0.2) is 5.58 Å². The second kappa shape index (κ2) is 6.64. The number of rotatable bonds is 4. The van der Waals surface area contributed by atoms with Crippen LogP contribution in [0.2, 0.25) is 0 Å². The van der Waals surface area contributed by atoms with E-state index in [1.165, 1.54) is 5.69 Å². The lowest BCUT2D eigenvalue weighted by Crippen LogP contribution is -2.47. The summed E-state index contributed by atoms with van der Waals surface area (Å²) in [6.45, 7) is 4.22. The highest BCUT2D eigenvalue weighted by Gasteiger charge is 2.19. The molecule has 0 N–H and O–H groups in total. The van der Waals surface area contributed by atoms with Gasteiger partial charge in [-0.1, -0.05) is 12.1 Å². The normalized spacial score (nSPS) is 15.6. The van der Waals surface area contributed by atoms with E-state index in [1.807, 2.05) is 36.4 Å². The van der Waals surface area contributed by atoms with Gasteiger partial charge in [-0.3, -0.25) is 9.47 Å². The largest absolute Gasteiger partial charge is 0.497 e. The maximum absolute atomic E-state index is 12.1. The lowest BCUT2D eigenvalue weighted by Gasteiger charge is -2.36. The van der Waals surface area contributed by atoms with Crippen molar-refractivity contribution in [3.8, 4) is 5.75 Å². The van der Waals surface area contributed by atoms with Gasteiger partial charge in [0.1, 0.15) is 5.75 Å². The van der Waals surface area contributed by atoms with E-state index in [9.17, 15) is 4.79 Å². The van der Waals surface area contributed by atoms with Crippen LogP contribution in [0, 0.1) is 0 Å². The van der Waals surface area contributed by atoms with Crippen molar-refractivity contribution in [2.45, 2.75) is 6.67 Å². The van der Waals surface area contributed by atoms with E-state index in [-0.39, 0.29) is 5.76 Å². The van der Waals surface area contributed by atoms with E-state index in [0.717, 1.165) is 37.4 Å². The summed E-state index contributed by atoms with van der Waals surface area (Å²) in [6, 6.07) is 15.7. The van der Waals surface area contributed by atoms with Gasteiger partial charge in [0.25, 0.3) is 0 Å². The Morgan fingerprint density at radius 2 is 1.72 bits per heavy atom. The number of hydrogen-bond acceptors (Lipinski definition) is 5. The molecule has 0 saturated carbocycles. The lowest BCUT2D eigenvalue weighted by molar-refractivity contribution is 0.202. The zero-order valence-electron chi connectivity index (χ0n) is 14.2. The van der Waals surface area contributed by atoms with Crippen molar-refractivity contribution in [1.29, 1.82) is 0 Å². The van der Waals surface area contributed by atoms with Gasteiger partial charge in [0, 0.05) is 31.9 Å². The number of piperazine rings is 1. The standard InChI is InChI=1S/C19H21N3O3/c1-24-16-8-6-15(7-9-16)21-12-10-20(11-13-21)14-22-17-4-2-3-5-18(17)25-19(22)23/h2-9H,10-14H2,1H3. The average Bonchev–Trinajstić information content (AvgIpc) is 2.98. The molecule has 0 amide bonds. The van der Waals surface area contributed by atoms with Crippen LogP contribution in [0.25, 0.3) is 11.1 Å². The fourth-order valence-corrected chi connectivity index (χ4v) is 3.29. The van der Waals surface area contributed by atoms with Gasteiger partial charge >= 0.3 is 5.76 Å². The third kappa shape index (κ3) is 3.13. The summed E-state index contributed by atoms with van der Waals surface area (Å²) in [5.74, 6) is 0.576. The highest BCUT2D eigenvalue weighted by atomic mass is 16.5. The summed E-state index contributed by atoms with van der Waals surface area (Å²) < 4.78 is 12.2. The van der Waals surface area contributed by atoms with Crippen LogP contribution >= 0.6 is 0 Å². The fourth-order valence-electron chi connectivity index (χ4n) is 3.29. The maximum Gasteiger partial charge on any atom is 0.421 e. The summed E-state index contributed by atoms with van der Waals surface area (Å²) in [4.78, 5) is 16.7. The van der Waals surface area contributed by atoms with Crippen molar-refractivity contribution in [2.75, 3.05) is 38.2 Å². The molecular weight excluding hydrogens is 318 g/mol. The first-order valence-electron chi connectivity index (χ1n) is 8.44. The Labute approximate surface area is 145 Å². The molecule has 1 aromatic heterocycles. The van der Waals surface area contributed by atoms with E-state index in [4.69, 9.17) is 9.15 Å². The van der Waals surface area contributed by atoms with Crippen molar-refractivity contribution in [3.05, 3.63) is 59.1 Å². The molecule has 130 valence electrons. The summed E-state index contributed by atoms with van der Waals surface area (Å²) in [5.41, 5.74) is 2.70. The van der Waals surface area contributed by atoms with Crippen LogP contribution in [-0.4, -0.2) is 42.8 Å². The Morgan fingerprint density at radius 1 is 1.00 bits per heavy atom. The molecule has 0 unspecified atom stereocenters. The third-order valence-electron chi connectivity index (χ3n) is 4.72. The Bertz CT molecular complexity index is 906. The average molecular weight is 339 g/mol. The number of aromatic nitrogens is 1. The molecule has 2 aromatic carbocycles. The monoisotopic (exact) mass is 339 g/mol. The molecule has 0 radical (unpaired) electrons. The van der Waals surface area contributed by atoms with Crippen molar-refractivity contribution in [3.63, 3.8) is 0 Å². The highest BCUT2D eigenvalue weighted by molar-refractivity contribution is 5.72. The summed E-state index contributed by atoms with van der Waals surface area (Å²) in [6.07, 6.45) is 0. The minimum Gasteiger partial charge on any atom is -0.497 e. The van der Waals surface area contributed by atoms with Crippen molar-refractivity contribution in [2.24, 2.45) is 0 Å². The van der Waals surface area contributed by atoms with Gasteiger partial charge in [-0.15, -0.1) is 0 Å². The van der Waals surface area contributed by atoms with Crippen LogP contribution in [0.15, 0.2) is 57.7 Å². The van der Waals surface area contributed by atoms with E-state index in [0.29, 0.717) is 12.3 Å². The predicted molar refractivity (Wildman–Crippen MR) is 97.3 cm³/mol. The van der Waals surface area contributed by atoms with Crippen molar-refractivity contribution >= 4 is 16.8 Å². The SMILES string of the molecule is COc1ccc(N2CCN(Cn3c(=O)oc4ccccc43)CC2)cc1. The fraction of sp³-hybridized carbons (Fsp3) is 0.316. The van der Waals surface area contributed by atoms with Crippen LogP contribution in [0.1, 0.15) is 0 Å². The zero-order chi connectivity index (χ0) is 17.2. The number of nitrogens with zero attached hydrogens (tertiary/aromatic N) is 3. The Balaban J connectivity index is 1.43. The summed E-state index contributed by atoms with van der Waals surface area (Å²) in [5, 5.41) is 0. The first kappa shape index (κ1) is 15.8. The molecule has 4 rings (SSSR count). The molecule has 1 fully saturated rings. The van der Waals surface area contributed by atoms with Gasteiger partial charge in [0.2, 0.25) is 0 Å². The Kier molecular flexibility index (Phi) is 4.19. The number of methoxy groups -OCH3 is 1. The summed E-state index contributed by atoms with van der Waals surface area (Å²) >= 11 is 0. The molecule has 1 aliphatic rings. The number of hydrogen-bond donors (Lipinski definition) is 0. The second-order valence-electron chi connectivity index (χ2n) is 6.21. The van der Waals surface area contributed by atoms with Crippen LogP contribution < -0.4 is 15.4 Å².